The third-order valence-electron chi connectivity index (χ3n) is 1.74. The standard InChI is InChI=1S/C10H15N3O7/c1-6(14)20-5-9(17)12-3-7(15)11-2-8(16)13-4-10(18)19/h2-5H2,1H3,(H,11,15)(H,12,17)(H,13,16)(H,18,19). The fourth-order valence-corrected chi connectivity index (χ4v) is 0.875. The fourth-order valence-electron chi connectivity index (χ4n) is 0.875. The lowest BCUT2D eigenvalue weighted by molar-refractivity contribution is -0.146. The molecule has 0 aliphatic heterocycles. The van der Waals surface area contributed by atoms with Gasteiger partial charge in [-0.15, -0.1) is 0 Å². The lowest BCUT2D eigenvalue weighted by atomic mass is 10.5. The Kier molecular flexibility index (Phi) is 8.07. The molecule has 0 spiro atoms. The number of esters is 1. The zero-order valence-electron chi connectivity index (χ0n) is 10.7. The van der Waals surface area contributed by atoms with Crippen molar-refractivity contribution in [3.05, 3.63) is 0 Å². The van der Waals surface area contributed by atoms with Crippen molar-refractivity contribution < 1.29 is 33.8 Å². The molecule has 0 aromatic heterocycles. The van der Waals surface area contributed by atoms with Crippen LogP contribution >= 0.6 is 0 Å². The first-order valence-electron chi connectivity index (χ1n) is 5.46. The maximum Gasteiger partial charge on any atom is 0.322 e. The molecule has 0 unspecified atom stereocenters. The summed E-state index contributed by atoms with van der Waals surface area (Å²) < 4.78 is 4.39. The van der Waals surface area contributed by atoms with E-state index in [2.05, 4.69) is 15.4 Å². The van der Waals surface area contributed by atoms with Crippen LogP contribution in [0.25, 0.3) is 0 Å². The number of aliphatic carboxylic acids is 1. The van der Waals surface area contributed by atoms with Gasteiger partial charge >= 0.3 is 11.9 Å². The van der Waals surface area contributed by atoms with Crippen molar-refractivity contribution in [1.29, 1.82) is 0 Å². The number of rotatable bonds is 8. The van der Waals surface area contributed by atoms with Gasteiger partial charge in [-0.1, -0.05) is 0 Å². The van der Waals surface area contributed by atoms with Gasteiger partial charge in [0.1, 0.15) is 6.54 Å². The lowest BCUT2D eigenvalue weighted by Gasteiger charge is -2.07. The predicted molar refractivity (Wildman–Crippen MR) is 63.3 cm³/mol. The summed E-state index contributed by atoms with van der Waals surface area (Å²) in [5.41, 5.74) is 0. The minimum absolute atomic E-state index is 0.397. The van der Waals surface area contributed by atoms with Crippen LogP contribution in [0, 0.1) is 0 Å². The zero-order valence-corrected chi connectivity index (χ0v) is 10.7. The van der Waals surface area contributed by atoms with Crippen LogP contribution in [-0.2, 0) is 28.7 Å². The Labute approximate surface area is 113 Å². The number of nitrogens with one attached hydrogen (secondary N) is 3. The molecular weight excluding hydrogens is 274 g/mol. The maximum atomic E-state index is 11.2. The normalized spacial score (nSPS) is 9.25. The van der Waals surface area contributed by atoms with E-state index in [-0.39, 0.29) is 0 Å². The first kappa shape index (κ1) is 17.4. The van der Waals surface area contributed by atoms with Crippen LogP contribution in [-0.4, -0.2) is 61.0 Å². The highest BCUT2D eigenvalue weighted by molar-refractivity contribution is 5.89. The summed E-state index contributed by atoms with van der Waals surface area (Å²) >= 11 is 0. The van der Waals surface area contributed by atoms with Crippen molar-refractivity contribution >= 4 is 29.7 Å². The van der Waals surface area contributed by atoms with E-state index >= 15 is 0 Å². The zero-order chi connectivity index (χ0) is 15.5. The van der Waals surface area contributed by atoms with Gasteiger partial charge in [0.15, 0.2) is 6.61 Å². The van der Waals surface area contributed by atoms with E-state index in [9.17, 15) is 24.0 Å². The highest BCUT2D eigenvalue weighted by atomic mass is 16.5. The summed E-state index contributed by atoms with van der Waals surface area (Å²) in [6.07, 6.45) is 0. The Morgan fingerprint density at radius 1 is 0.850 bits per heavy atom. The minimum Gasteiger partial charge on any atom is -0.480 e. The van der Waals surface area contributed by atoms with Gasteiger partial charge in [0, 0.05) is 6.92 Å². The second-order valence-electron chi connectivity index (χ2n) is 3.50. The Bertz CT molecular complexity index is 372. The van der Waals surface area contributed by atoms with E-state index in [1.807, 2.05) is 5.32 Å². The molecule has 4 N–H and O–H groups in total. The van der Waals surface area contributed by atoms with Crippen LogP contribution in [0.3, 0.4) is 0 Å². The average Bonchev–Trinajstić information content (AvgIpc) is 2.37. The Hall–Kier alpha value is -2.65. The largest absolute Gasteiger partial charge is 0.480 e. The molecular formula is C10H15N3O7. The second-order valence-corrected chi connectivity index (χ2v) is 3.50. The quantitative estimate of drug-likeness (QED) is 0.347. The summed E-state index contributed by atoms with van der Waals surface area (Å²) in [5, 5.41) is 14.6. The van der Waals surface area contributed by atoms with Crippen LogP contribution in [0.15, 0.2) is 0 Å². The van der Waals surface area contributed by atoms with Crippen molar-refractivity contribution in [2.45, 2.75) is 6.92 Å². The van der Waals surface area contributed by atoms with Gasteiger partial charge in [0.25, 0.3) is 5.91 Å². The lowest BCUT2D eigenvalue weighted by Crippen LogP contribution is -2.43. The molecule has 10 nitrogen and oxygen atoms in total. The maximum absolute atomic E-state index is 11.2. The second kappa shape index (κ2) is 9.30. The van der Waals surface area contributed by atoms with Crippen molar-refractivity contribution in [3.63, 3.8) is 0 Å². The smallest absolute Gasteiger partial charge is 0.322 e. The SMILES string of the molecule is CC(=O)OCC(=O)NCC(=O)NCC(=O)NCC(=O)O. The average molecular weight is 289 g/mol. The first-order valence-corrected chi connectivity index (χ1v) is 5.46. The molecule has 20 heavy (non-hydrogen) atoms. The van der Waals surface area contributed by atoms with E-state index < -0.39 is 55.9 Å². The van der Waals surface area contributed by atoms with Gasteiger partial charge in [-0.2, -0.15) is 0 Å². The minimum atomic E-state index is -1.21. The van der Waals surface area contributed by atoms with Crippen LogP contribution in [0.4, 0.5) is 0 Å². The molecule has 3 amide bonds. The summed E-state index contributed by atoms with van der Waals surface area (Å²) in [7, 11) is 0. The molecule has 0 radical (unpaired) electrons. The Morgan fingerprint density at radius 3 is 1.75 bits per heavy atom. The van der Waals surface area contributed by atoms with E-state index in [0.29, 0.717) is 0 Å². The number of carboxylic acids is 1. The number of amides is 3. The van der Waals surface area contributed by atoms with Crippen LogP contribution in [0.1, 0.15) is 6.92 Å². The molecule has 0 saturated heterocycles. The molecule has 0 heterocycles. The Balaban J connectivity index is 3.73. The number of ether oxygens (including phenoxy) is 1. The fraction of sp³-hybridized carbons (Fsp3) is 0.500. The van der Waals surface area contributed by atoms with Crippen molar-refractivity contribution in [3.8, 4) is 0 Å². The Morgan fingerprint density at radius 2 is 1.30 bits per heavy atom. The first-order chi connectivity index (χ1) is 9.31. The third-order valence-corrected chi connectivity index (χ3v) is 1.74. The van der Waals surface area contributed by atoms with Crippen molar-refractivity contribution in [2.75, 3.05) is 26.2 Å². The highest BCUT2D eigenvalue weighted by Gasteiger charge is 2.09. The number of carbonyl (C=O) groups is 5. The molecule has 0 rings (SSSR count). The third kappa shape index (κ3) is 10.5. The molecule has 0 saturated carbocycles. The summed E-state index contributed by atoms with van der Waals surface area (Å²) in [6.45, 7) is -0.719. The van der Waals surface area contributed by atoms with Crippen molar-refractivity contribution in [1.82, 2.24) is 16.0 Å². The van der Waals surface area contributed by atoms with E-state index in [0.717, 1.165) is 6.92 Å². The van der Waals surface area contributed by atoms with Gasteiger partial charge in [0.05, 0.1) is 13.1 Å². The predicted octanol–water partition coefficient (Wildman–Crippen LogP) is -3.02. The molecule has 0 bridgehead atoms. The van der Waals surface area contributed by atoms with Gasteiger partial charge in [-0.3, -0.25) is 24.0 Å². The molecule has 0 aliphatic rings. The van der Waals surface area contributed by atoms with Gasteiger partial charge in [0.2, 0.25) is 11.8 Å². The van der Waals surface area contributed by atoms with Crippen LogP contribution in [0.5, 0.6) is 0 Å². The molecule has 112 valence electrons. The number of hydrogen-bond donors (Lipinski definition) is 4. The summed E-state index contributed by atoms with van der Waals surface area (Å²) in [5.74, 6) is -3.81. The number of carboxylic acid groups (broad SMARTS) is 1. The van der Waals surface area contributed by atoms with Crippen LogP contribution in [0.2, 0.25) is 0 Å². The molecule has 0 atom stereocenters. The van der Waals surface area contributed by atoms with Gasteiger partial charge in [-0.05, 0) is 0 Å². The van der Waals surface area contributed by atoms with Crippen LogP contribution < -0.4 is 16.0 Å². The van der Waals surface area contributed by atoms with Gasteiger partial charge in [-0.25, -0.2) is 0 Å². The molecule has 0 aromatic carbocycles. The molecule has 0 aliphatic carbocycles. The molecule has 0 fully saturated rings. The highest BCUT2D eigenvalue weighted by Crippen LogP contribution is 1.76. The summed E-state index contributed by atoms with van der Waals surface area (Å²) in [6, 6.07) is 0. The van der Waals surface area contributed by atoms with E-state index in [1.165, 1.54) is 0 Å². The monoisotopic (exact) mass is 289 g/mol. The van der Waals surface area contributed by atoms with Gasteiger partial charge < -0.3 is 25.8 Å². The molecule has 0 aromatic rings. The number of hydrogen-bond acceptors (Lipinski definition) is 6. The summed E-state index contributed by atoms with van der Waals surface area (Å²) in [4.78, 5) is 53.8. The topological polar surface area (TPSA) is 151 Å². The number of carbonyl (C=O) groups excluding carboxylic acids is 4. The van der Waals surface area contributed by atoms with E-state index in [1.54, 1.807) is 0 Å². The van der Waals surface area contributed by atoms with Crippen molar-refractivity contribution in [2.24, 2.45) is 0 Å². The molecule has 10 heteroatoms. The van der Waals surface area contributed by atoms with E-state index in [4.69, 9.17) is 5.11 Å².